The van der Waals surface area contributed by atoms with Crippen LogP contribution in [0.2, 0.25) is 0 Å². The van der Waals surface area contributed by atoms with E-state index in [1.54, 1.807) is 38.0 Å². The Labute approximate surface area is 199 Å². The van der Waals surface area contributed by atoms with Gasteiger partial charge in [0, 0.05) is 23.6 Å². The molecule has 3 rings (SSSR count). The maximum atomic E-state index is 12.5. The van der Waals surface area contributed by atoms with Gasteiger partial charge in [-0.1, -0.05) is 48.5 Å². The summed E-state index contributed by atoms with van der Waals surface area (Å²) >= 11 is 0. The molecule has 0 spiro atoms. The van der Waals surface area contributed by atoms with Gasteiger partial charge in [0.2, 0.25) is 0 Å². The first kappa shape index (κ1) is 24.6. The Hall–Kier alpha value is -4.00. The lowest BCUT2D eigenvalue weighted by molar-refractivity contribution is -0.139. The van der Waals surface area contributed by atoms with Crippen molar-refractivity contribution in [2.75, 3.05) is 11.6 Å². The summed E-state index contributed by atoms with van der Waals surface area (Å²) in [6.07, 6.45) is 2.21. The molecule has 3 aromatic rings. The van der Waals surface area contributed by atoms with Crippen molar-refractivity contribution in [2.24, 2.45) is 0 Å². The van der Waals surface area contributed by atoms with Crippen LogP contribution < -0.4 is 10.4 Å². The molecule has 1 amide bonds. The van der Waals surface area contributed by atoms with Crippen LogP contribution in [0, 0.1) is 0 Å². The molecule has 2 N–H and O–H groups in total. The summed E-state index contributed by atoms with van der Waals surface area (Å²) in [5, 5.41) is 16.5. The van der Waals surface area contributed by atoms with Gasteiger partial charge in [-0.05, 0) is 56.9 Å². The molecule has 0 fully saturated rings. The van der Waals surface area contributed by atoms with Crippen molar-refractivity contribution in [3.8, 4) is 5.75 Å². The van der Waals surface area contributed by atoms with Gasteiger partial charge < -0.3 is 20.0 Å². The standard InChI is InChI=1S/C27H30N2O5/c1-5-29(23-12-8-10-20-9-6-7-11-22(20)23)34-25(31)16-15-21-14-13-19(17-24(21)30)18-28-26(32)33-27(2,3)4/h6-17,30H,5,18H2,1-4H3,(H,28,32). The molecule has 7 heteroatoms. The summed E-state index contributed by atoms with van der Waals surface area (Å²) in [4.78, 5) is 29.8. The number of amides is 1. The van der Waals surface area contributed by atoms with Crippen LogP contribution in [-0.2, 0) is 20.9 Å². The predicted octanol–water partition coefficient (Wildman–Crippen LogP) is 5.57. The smallest absolute Gasteiger partial charge is 0.407 e. The molecule has 0 bridgehead atoms. The Morgan fingerprint density at radius 1 is 1.06 bits per heavy atom. The van der Waals surface area contributed by atoms with Gasteiger partial charge in [0.15, 0.2) is 0 Å². The van der Waals surface area contributed by atoms with Crippen molar-refractivity contribution >= 4 is 34.6 Å². The van der Waals surface area contributed by atoms with Crippen molar-refractivity contribution in [3.63, 3.8) is 0 Å². The number of phenols is 1. The van der Waals surface area contributed by atoms with Crippen LogP contribution in [0.3, 0.4) is 0 Å². The molecule has 0 unspecified atom stereocenters. The summed E-state index contributed by atoms with van der Waals surface area (Å²) in [5.74, 6) is -0.584. The maximum absolute atomic E-state index is 12.5. The molecule has 0 saturated carbocycles. The molecular weight excluding hydrogens is 432 g/mol. The van der Waals surface area contributed by atoms with E-state index in [9.17, 15) is 14.7 Å². The van der Waals surface area contributed by atoms with Crippen LogP contribution in [0.4, 0.5) is 10.5 Å². The molecule has 0 aromatic heterocycles. The number of ether oxygens (including phenoxy) is 1. The zero-order valence-electron chi connectivity index (χ0n) is 19.9. The number of hydrogen-bond acceptors (Lipinski definition) is 6. The zero-order chi connectivity index (χ0) is 24.7. The third kappa shape index (κ3) is 6.75. The van der Waals surface area contributed by atoms with Crippen LogP contribution in [0.25, 0.3) is 16.8 Å². The predicted molar refractivity (Wildman–Crippen MR) is 133 cm³/mol. The average Bonchev–Trinajstić information content (AvgIpc) is 2.79. The van der Waals surface area contributed by atoms with Gasteiger partial charge >= 0.3 is 12.1 Å². The largest absolute Gasteiger partial charge is 0.507 e. The van der Waals surface area contributed by atoms with Crippen LogP contribution >= 0.6 is 0 Å². The molecule has 34 heavy (non-hydrogen) atoms. The highest BCUT2D eigenvalue weighted by Crippen LogP contribution is 2.27. The van der Waals surface area contributed by atoms with Crippen molar-refractivity contribution < 1.29 is 24.3 Å². The molecule has 0 aliphatic carbocycles. The molecule has 0 atom stereocenters. The van der Waals surface area contributed by atoms with E-state index in [-0.39, 0.29) is 12.3 Å². The van der Waals surface area contributed by atoms with Gasteiger partial charge in [-0.2, -0.15) is 0 Å². The van der Waals surface area contributed by atoms with Gasteiger partial charge in [-0.3, -0.25) is 0 Å². The number of nitrogens with one attached hydrogen (secondary N) is 1. The first-order chi connectivity index (χ1) is 16.2. The minimum atomic E-state index is -0.587. The molecule has 0 aliphatic rings. The van der Waals surface area contributed by atoms with Gasteiger partial charge in [0.25, 0.3) is 0 Å². The average molecular weight is 463 g/mol. The third-order valence-corrected chi connectivity index (χ3v) is 4.85. The summed E-state index contributed by atoms with van der Waals surface area (Å²) in [6, 6.07) is 18.6. The van der Waals surface area contributed by atoms with Crippen molar-refractivity contribution in [1.82, 2.24) is 5.32 Å². The Balaban J connectivity index is 1.63. The fourth-order valence-corrected chi connectivity index (χ4v) is 3.34. The van der Waals surface area contributed by atoms with Gasteiger partial charge in [0.05, 0.1) is 12.2 Å². The lowest BCUT2D eigenvalue weighted by Gasteiger charge is -2.22. The second kappa shape index (κ2) is 10.7. The Bertz CT molecular complexity index is 1190. The molecule has 0 radical (unpaired) electrons. The normalized spacial score (nSPS) is 11.4. The SMILES string of the molecule is CCN(OC(=O)C=Cc1ccc(CNC(=O)OC(C)(C)C)cc1O)c1cccc2ccccc12. The number of hydroxylamine groups is 1. The number of carbonyl (C=O) groups is 2. The number of phenolic OH excluding ortho intramolecular Hbond substituents is 1. The number of nitrogens with zero attached hydrogens (tertiary/aromatic N) is 1. The molecular formula is C27H30N2O5. The third-order valence-electron chi connectivity index (χ3n) is 4.85. The van der Waals surface area contributed by atoms with Gasteiger partial charge in [0.1, 0.15) is 11.4 Å². The van der Waals surface area contributed by atoms with Crippen molar-refractivity contribution in [1.29, 1.82) is 0 Å². The van der Waals surface area contributed by atoms with Gasteiger partial charge in [-0.25, -0.2) is 14.7 Å². The van der Waals surface area contributed by atoms with Crippen molar-refractivity contribution in [3.05, 3.63) is 77.9 Å². The summed E-state index contributed by atoms with van der Waals surface area (Å²) in [6.45, 7) is 7.92. The Morgan fingerprint density at radius 3 is 2.50 bits per heavy atom. The van der Waals surface area contributed by atoms with Crippen LogP contribution in [0.1, 0.15) is 38.8 Å². The quantitative estimate of drug-likeness (QED) is 0.353. The number of benzene rings is 3. The van der Waals surface area contributed by atoms with E-state index >= 15 is 0 Å². The van der Waals surface area contributed by atoms with Crippen LogP contribution in [0.15, 0.2) is 66.7 Å². The zero-order valence-corrected chi connectivity index (χ0v) is 19.9. The number of alkyl carbamates (subject to hydrolysis) is 1. The highest BCUT2D eigenvalue weighted by Gasteiger charge is 2.16. The number of rotatable bonds is 7. The highest BCUT2D eigenvalue weighted by atomic mass is 16.7. The lowest BCUT2D eigenvalue weighted by atomic mass is 10.1. The summed E-state index contributed by atoms with van der Waals surface area (Å²) in [5.41, 5.74) is 1.35. The number of fused-ring (bicyclic) bond motifs is 1. The summed E-state index contributed by atoms with van der Waals surface area (Å²) in [7, 11) is 0. The van der Waals surface area contributed by atoms with Crippen LogP contribution in [0.5, 0.6) is 5.75 Å². The molecule has 3 aromatic carbocycles. The van der Waals surface area contributed by atoms with Gasteiger partial charge in [-0.15, -0.1) is 0 Å². The van der Waals surface area contributed by atoms with E-state index in [0.717, 1.165) is 16.5 Å². The monoisotopic (exact) mass is 462 g/mol. The minimum absolute atomic E-state index is 0.0195. The number of aromatic hydroxyl groups is 1. The van der Waals surface area contributed by atoms with Crippen LogP contribution in [-0.4, -0.2) is 29.3 Å². The molecule has 178 valence electrons. The second-order valence-electron chi connectivity index (χ2n) is 8.69. The number of anilines is 1. The lowest BCUT2D eigenvalue weighted by Crippen LogP contribution is -2.32. The van der Waals surface area contributed by atoms with E-state index in [4.69, 9.17) is 9.57 Å². The topological polar surface area (TPSA) is 88.1 Å². The van der Waals surface area contributed by atoms with E-state index in [1.165, 1.54) is 18.2 Å². The Morgan fingerprint density at radius 2 is 1.79 bits per heavy atom. The second-order valence-corrected chi connectivity index (χ2v) is 8.69. The molecule has 0 heterocycles. The molecule has 0 saturated heterocycles. The van der Waals surface area contributed by atoms with E-state index in [2.05, 4.69) is 5.32 Å². The first-order valence-corrected chi connectivity index (χ1v) is 11.1. The van der Waals surface area contributed by atoms with Crippen molar-refractivity contribution in [2.45, 2.75) is 39.8 Å². The number of carbonyl (C=O) groups excluding carboxylic acids is 2. The summed E-state index contributed by atoms with van der Waals surface area (Å²) < 4.78 is 5.20. The minimum Gasteiger partial charge on any atom is -0.507 e. The Kier molecular flexibility index (Phi) is 7.79. The first-order valence-electron chi connectivity index (χ1n) is 11.1. The number of hydrogen-bond donors (Lipinski definition) is 2. The van der Waals surface area contributed by atoms with E-state index in [0.29, 0.717) is 17.7 Å². The highest BCUT2D eigenvalue weighted by molar-refractivity contribution is 5.95. The fourth-order valence-electron chi connectivity index (χ4n) is 3.34. The molecule has 7 nitrogen and oxygen atoms in total. The van der Waals surface area contributed by atoms with E-state index in [1.807, 2.05) is 49.4 Å². The molecule has 0 aliphatic heterocycles. The van der Waals surface area contributed by atoms with E-state index < -0.39 is 17.7 Å². The fraction of sp³-hybridized carbons (Fsp3) is 0.259. The maximum Gasteiger partial charge on any atom is 0.407 e.